The number of hydrogen-bond acceptors (Lipinski definition) is 2. The van der Waals surface area contributed by atoms with Gasteiger partial charge in [0.05, 0.1) is 10.7 Å². The summed E-state index contributed by atoms with van der Waals surface area (Å²) in [5.74, 6) is 0. The van der Waals surface area contributed by atoms with Crippen molar-refractivity contribution in [2.75, 3.05) is 11.4 Å². The van der Waals surface area contributed by atoms with Crippen LogP contribution in [-0.2, 0) is 0 Å². The van der Waals surface area contributed by atoms with Crippen LogP contribution in [0.4, 0.5) is 5.69 Å². The summed E-state index contributed by atoms with van der Waals surface area (Å²) in [6, 6.07) is 6.66. The first-order valence-corrected chi connectivity index (χ1v) is 8.68. The van der Waals surface area contributed by atoms with E-state index in [4.69, 9.17) is 0 Å². The number of para-hydroxylation sites is 1. The predicted molar refractivity (Wildman–Crippen MR) is 109 cm³/mol. The topological polar surface area (TPSA) is 3.24 Å². The minimum absolute atomic E-state index is 0. The van der Waals surface area contributed by atoms with Crippen molar-refractivity contribution in [1.29, 1.82) is 0 Å². The van der Waals surface area contributed by atoms with Crippen molar-refractivity contribution in [1.82, 2.24) is 0 Å². The molecule has 3 rings (SSSR count). The Labute approximate surface area is 156 Å². The second-order valence-corrected chi connectivity index (χ2v) is 8.14. The molecule has 0 fully saturated rings. The number of nitrogens with zero attached hydrogens (tertiary/aromatic N) is 1. The molecule has 1 aromatic rings. The molecule has 1 aliphatic heterocycles. The molecule has 1 aliphatic carbocycles. The number of anilines is 1. The van der Waals surface area contributed by atoms with Crippen LogP contribution in [0.2, 0.25) is 0 Å². The molecule has 0 radical (unpaired) electrons. The Morgan fingerprint density at radius 1 is 1.18 bits per heavy atom. The minimum atomic E-state index is 0. The summed E-state index contributed by atoms with van der Waals surface area (Å²) in [6.45, 7) is 12.6. The van der Waals surface area contributed by atoms with Gasteiger partial charge in [0.25, 0.3) is 0 Å². The molecule has 0 bridgehead atoms. The Balaban J connectivity index is 0.00000176. The van der Waals surface area contributed by atoms with E-state index in [1.807, 2.05) is 11.8 Å². The molecule has 0 saturated heterocycles. The molecule has 2 aliphatic rings. The van der Waals surface area contributed by atoms with Gasteiger partial charge in [-0.1, -0.05) is 49.4 Å². The molecule has 22 heavy (non-hydrogen) atoms. The Hall–Kier alpha value is -0.420. The van der Waals surface area contributed by atoms with Crippen LogP contribution in [0.25, 0.3) is 0 Å². The Kier molecular flexibility index (Phi) is 5.38. The fourth-order valence-corrected chi connectivity index (χ4v) is 5.05. The van der Waals surface area contributed by atoms with Crippen LogP contribution in [0, 0.1) is 12.3 Å². The molecule has 0 amide bonds. The van der Waals surface area contributed by atoms with E-state index < -0.39 is 0 Å². The lowest BCUT2D eigenvalue weighted by Gasteiger charge is -2.32. The molecular weight excluding hydrogens is 401 g/mol. The largest absolute Gasteiger partial charge is 0.335 e. The van der Waals surface area contributed by atoms with Crippen molar-refractivity contribution in [3.05, 3.63) is 46.0 Å². The van der Waals surface area contributed by atoms with E-state index in [1.54, 1.807) is 0 Å². The maximum atomic E-state index is 2.51. The van der Waals surface area contributed by atoms with Gasteiger partial charge in [-0.3, -0.25) is 0 Å². The van der Waals surface area contributed by atoms with Crippen LogP contribution in [0.1, 0.15) is 46.1 Å². The van der Waals surface area contributed by atoms with E-state index in [2.05, 4.69) is 63.8 Å². The Bertz CT molecular complexity index is 643. The first-order valence-electron chi connectivity index (χ1n) is 7.86. The normalized spacial score (nSPS) is 23.0. The fraction of sp³-hybridized carbons (Fsp3) is 0.474. The molecule has 1 heterocycles. The van der Waals surface area contributed by atoms with Gasteiger partial charge < -0.3 is 4.90 Å². The standard InChI is InChI=1S/C19H25NS.HI/c1-6-20-17-14(3)8-7-9-16(17)21-18(20)15-10-13(2)11-19(4,5)12-15;/h7-10H,6,11-12H2,1-5H3;1H. The molecular formula is C19H26INS. The zero-order valence-electron chi connectivity index (χ0n) is 14.2. The summed E-state index contributed by atoms with van der Waals surface area (Å²) >= 11 is 1.95. The number of benzene rings is 1. The number of rotatable bonds is 1. The van der Waals surface area contributed by atoms with Crippen molar-refractivity contribution in [3.8, 4) is 0 Å². The van der Waals surface area contributed by atoms with Gasteiger partial charge in [-0.05, 0) is 56.2 Å². The molecule has 1 nitrogen and oxygen atoms in total. The van der Waals surface area contributed by atoms with Crippen molar-refractivity contribution >= 4 is 41.4 Å². The average Bonchev–Trinajstić information content (AvgIpc) is 2.76. The van der Waals surface area contributed by atoms with Crippen molar-refractivity contribution < 1.29 is 0 Å². The van der Waals surface area contributed by atoms with Gasteiger partial charge >= 0.3 is 0 Å². The first kappa shape index (κ1) is 17.9. The highest BCUT2D eigenvalue weighted by molar-refractivity contribution is 14.0. The van der Waals surface area contributed by atoms with Gasteiger partial charge in [0.2, 0.25) is 0 Å². The number of thioether (sulfide) groups is 1. The first-order chi connectivity index (χ1) is 9.91. The van der Waals surface area contributed by atoms with E-state index >= 15 is 0 Å². The Morgan fingerprint density at radius 2 is 1.91 bits per heavy atom. The quantitative estimate of drug-likeness (QED) is 0.469. The van der Waals surface area contributed by atoms with Crippen LogP contribution in [-0.4, -0.2) is 6.54 Å². The third-order valence-electron chi connectivity index (χ3n) is 4.36. The van der Waals surface area contributed by atoms with E-state index in [1.165, 1.54) is 45.2 Å². The zero-order valence-corrected chi connectivity index (χ0v) is 17.3. The molecule has 3 heteroatoms. The summed E-state index contributed by atoms with van der Waals surface area (Å²) < 4.78 is 0. The van der Waals surface area contributed by atoms with Crippen molar-refractivity contribution in [3.63, 3.8) is 0 Å². The summed E-state index contributed by atoms with van der Waals surface area (Å²) in [4.78, 5) is 3.92. The van der Waals surface area contributed by atoms with Crippen LogP contribution in [0.15, 0.2) is 45.3 Å². The zero-order chi connectivity index (χ0) is 15.2. The SMILES string of the molecule is CCN1C(=C2C=C(C)CC(C)(C)C2)Sc2cccc(C)c21.I. The van der Waals surface area contributed by atoms with Crippen LogP contribution < -0.4 is 4.90 Å². The van der Waals surface area contributed by atoms with Crippen LogP contribution in [0.3, 0.4) is 0 Å². The molecule has 0 N–H and O–H groups in total. The molecule has 1 aromatic carbocycles. The average molecular weight is 427 g/mol. The summed E-state index contributed by atoms with van der Waals surface area (Å²) in [6.07, 6.45) is 4.82. The lowest BCUT2D eigenvalue weighted by atomic mass is 9.76. The smallest absolute Gasteiger partial charge is 0.0834 e. The van der Waals surface area contributed by atoms with Gasteiger partial charge in [0.1, 0.15) is 0 Å². The number of hydrogen-bond donors (Lipinski definition) is 0. The highest BCUT2D eigenvalue weighted by Crippen LogP contribution is 2.51. The third-order valence-corrected chi connectivity index (χ3v) is 5.59. The van der Waals surface area contributed by atoms with Gasteiger partial charge in [-0.15, -0.1) is 24.0 Å². The number of aryl methyl sites for hydroxylation is 1. The fourth-order valence-electron chi connectivity index (χ4n) is 3.73. The number of allylic oxidation sites excluding steroid dienone is 3. The highest BCUT2D eigenvalue weighted by Gasteiger charge is 2.31. The summed E-state index contributed by atoms with van der Waals surface area (Å²) in [7, 11) is 0. The van der Waals surface area contributed by atoms with Crippen LogP contribution in [0.5, 0.6) is 0 Å². The second kappa shape index (κ2) is 6.60. The lowest BCUT2D eigenvalue weighted by Crippen LogP contribution is -2.22. The van der Waals surface area contributed by atoms with Crippen molar-refractivity contribution in [2.24, 2.45) is 5.41 Å². The maximum absolute atomic E-state index is 2.51. The number of halogens is 1. The molecule has 0 atom stereocenters. The van der Waals surface area contributed by atoms with E-state index in [-0.39, 0.29) is 24.0 Å². The van der Waals surface area contributed by atoms with Crippen molar-refractivity contribution in [2.45, 2.75) is 52.4 Å². The molecule has 0 saturated carbocycles. The molecule has 120 valence electrons. The van der Waals surface area contributed by atoms with Crippen LogP contribution >= 0.6 is 35.7 Å². The monoisotopic (exact) mass is 427 g/mol. The van der Waals surface area contributed by atoms with E-state index in [0.717, 1.165) is 6.54 Å². The van der Waals surface area contributed by atoms with Gasteiger partial charge in [0, 0.05) is 11.4 Å². The van der Waals surface area contributed by atoms with Gasteiger partial charge in [-0.25, -0.2) is 0 Å². The van der Waals surface area contributed by atoms with Gasteiger partial charge in [-0.2, -0.15) is 0 Å². The highest BCUT2D eigenvalue weighted by atomic mass is 127. The van der Waals surface area contributed by atoms with Gasteiger partial charge in [0.15, 0.2) is 0 Å². The maximum Gasteiger partial charge on any atom is 0.0834 e. The lowest BCUT2D eigenvalue weighted by molar-refractivity contribution is 0.351. The molecule has 0 spiro atoms. The molecule has 0 unspecified atom stereocenters. The second-order valence-electron chi connectivity index (χ2n) is 7.11. The summed E-state index contributed by atoms with van der Waals surface area (Å²) in [5, 5.41) is 1.45. The molecule has 0 aromatic heterocycles. The number of fused-ring (bicyclic) bond motifs is 1. The predicted octanol–water partition coefficient (Wildman–Crippen LogP) is 6.52. The Morgan fingerprint density at radius 3 is 2.55 bits per heavy atom. The van der Waals surface area contributed by atoms with E-state index in [9.17, 15) is 0 Å². The minimum Gasteiger partial charge on any atom is -0.335 e. The third kappa shape index (κ3) is 3.25. The van der Waals surface area contributed by atoms with E-state index in [0.29, 0.717) is 5.41 Å². The summed E-state index contributed by atoms with van der Waals surface area (Å²) in [5.41, 5.74) is 6.21.